The average molecular weight is 548 g/mol. The number of hydrogen-bond acceptors (Lipinski definition) is 6. The highest BCUT2D eigenvalue weighted by Gasteiger charge is 2.36. The number of amides is 1. The predicted molar refractivity (Wildman–Crippen MR) is 140 cm³/mol. The molecule has 3 heterocycles. The maximum atomic E-state index is 15.6. The first-order chi connectivity index (χ1) is 18.3. The van der Waals surface area contributed by atoms with Gasteiger partial charge in [0.2, 0.25) is 11.4 Å². The van der Waals surface area contributed by atoms with Gasteiger partial charge >= 0.3 is 6.18 Å². The van der Waals surface area contributed by atoms with Crippen LogP contribution in [-0.2, 0) is 6.18 Å². The summed E-state index contributed by atoms with van der Waals surface area (Å²) in [7, 11) is 3.40. The number of hydrogen-bond donors (Lipinski definition) is 2. The maximum absolute atomic E-state index is 15.6. The fraction of sp³-hybridized carbons (Fsp3) is 0.370. The molecule has 0 aliphatic carbocycles. The molecule has 2 aromatic heterocycles. The van der Waals surface area contributed by atoms with Gasteiger partial charge in [-0.2, -0.15) is 13.2 Å². The van der Waals surface area contributed by atoms with Crippen molar-refractivity contribution in [2.45, 2.75) is 39.0 Å². The average Bonchev–Trinajstić information content (AvgIpc) is 2.86. The third kappa shape index (κ3) is 5.90. The molecule has 39 heavy (non-hydrogen) atoms. The van der Waals surface area contributed by atoms with E-state index in [2.05, 4.69) is 20.2 Å². The second-order valence-electron chi connectivity index (χ2n) is 9.73. The molecule has 1 amide bonds. The van der Waals surface area contributed by atoms with Crippen LogP contribution in [0.1, 0.15) is 35.5 Å². The zero-order chi connectivity index (χ0) is 28.6. The third-order valence-electron chi connectivity index (χ3n) is 6.96. The van der Waals surface area contributed by atoms with Crippen molar-refractivity contribution in [2.24, 2.45) is 0 Å². The summed E-state index contributed by atoms with van der Waals surface area (Å²) in [5, 5.41) is 2.55. The normalized spacial score (nSPS) is 18.2. The van der Waals surface area contributed by atoms with Gasteiger partial charge in [0, 0.05) is 54.8 Å². The van der Waals surface area contributed by atoms with Crippen molar-refractivity contribution in [3.05, 3.63) is 69.5 Å². The molecule has 0 radical (unpaired) electrons. The first kappa shape index (κ1) is 28.1. The lowest BCUT2D eigenvalue weighted by molar-refractivity contribution is -0.138. The Bertz CT molecular complexity index is 1440. The predicted octanol–water partition coefficient (Wildman–Crippen LogP) is 4.69. The number of benzene rings is 1. The van der Waals surface area contributed by atoms with Crippen LogP contribution >= 0.6 is 0 Å². The zero-order valence-corrected chi connectivity index (χ0v) is 22.1. The number of alkyl halides is 3. The van der Waals surface area contributed by atoms with Crippen LogP contribution in [0.5, 0.6) is 5.88 Å². The van der Waals surface area contributed by atoms with E-state index in [1.165, 1.54) is 25.3 Å². The van der Waals surface area contributed by atoms with Crippen molar-refractivity contribution in [1.29, 1.82) is 0 Å². The van der Waals surface area contributed by atoms with Gasteiger partial charge < -0.3 is 19.9 Å². The van der Waals surface area contributed by atoms with Crippen LogP contribution in [0.2, 0.25) is 0 Å². The highest BCUT2D eigenvalue weighted by molar-refractivity contribution is 6.07. The molecule has 12 heteroatoms. The first-order valence-electron chi connectivity index (χ1n) is 12.2. The largest absolute Gasteiger partial charge is 0.481 e. The number of piperazine rings is 1. The Morgan fingerprint density at radius 3 is 2.41 bits per heavy atom. The fourth-order valence-corrected chi connectivity index (χ4v) is 4.73. The fourth-order valence-electron chi connectivity index (χ4n) is 4.73. The number of nitrogens with zero attached hydrogens (tertiary/aromatic N) is 3. The van der Waals surface area contributed by atoms with Crippen LogP contribution in [0.15, 0.2) is 41.3 Å². The number of halogens is 4. The van der Waals surface area contributed by atoms with E-state index in [4.69, 9.17) is 4.74 Å². The lowest BCUT2D eigenvalue weighted by Gasteiger charge is -2.44. The summed E-state index contributed by atoms with van der Waals surface area (Å²) in [6, 6.07) is 6.34. The van der Waals surface area contributed by atoms with E-state index < -0.39 is 34.6 Å². The molecule has 4 rings (SSSR count). The quantitative estimate of drug-likeness (QED) is 0.451. The highest BCUT2D eigenvalue weighted by atomic mass is 19.4. The molecule has 2 N–H and O–H groups in total. The summed E-state index contributed by atoms with van der Waals surface area (Å²) < 4.78 is 61.8. The number of likely N-dealkylation sites (N-methyl/N-ethyl adjacent to an activating group) is 1. The van der Waals surface area contributed by atoms with Gasteiger partial charge in [0.1, 0.15) is 5.82 Å². The van der Waals surface area contributed by atoms with Crippen LogP contribution < -0.4 is 20.5 Å². The van der Waals surface area contributed by atoms with Gasteiger partial charge in [-0.3, -0.25) is 14.5 Å². The number of nitrogens with one attached hydrogen (secondary N) is 2. The molecule has 2 unspecified atom stereocenters. The molecule has 8 nitrogen and oxygen atoms in total. The van der Waals surface area contributed by atoms with Crippen molar-refractivity contribution in [3.8, 4) is 17.0 Å². The third-order valence-corrected chi connectivity index (χ3v) is 6.96. The van der Waals surface area contributed by atoms with Gasteiger partial charge in [0.25, 0.3) is 5.91 Å². The summed E-state index contributed by atoms with van der Waals surface area (Å²) in [4.78, 5) is 35.2. The first-order valence-corrected chi connectivity index (χ1v) is 12.2. The molecule has 3 aromatic rings. The van der Waals surface area contributed by atoms with Crippen molar-refractivity contribution in [2.75, 3.05) is 37.5 Å². The molecular formula is C27H29F4N5O3. The van der Waals surface area contributed by atoms with E-state index in [-0.39, 0.29) is 29.2 Å². The number of aromatic nitrogens is 2. The molecule has 1 aromatic carbocycles. The minimum atomic E-state index is -4.94. The molecule has 208 valence electrons. The summed E-state index contributed by atoms with van der Waals surface area (Å²) in [5.41, 5.74) is -1.61. The number of methoxy groups -OCH3 is 1. The van der Waals surface area contributed by atoms with Gasteiger partial charge in [-0.05, 0) is 51.6 Å². The maximum Gasteiger partial charge on any atom is 0.417 e. The van der Waals surface area contributed by atoms with Crippen molar-refractivity contribution < 1.29 is 27.1 Å². The topological polar surface area (TPSA) is 90.6 Å². The minimum absolute atomic E-state index is 0.0863. The smallest absolute Gasteiger partial charge is 0.417 e. The van der Waals surface area contributed by atoms with E-state index in [0.29, 0.717) is 36.1 Å². The summed E-state index contributed by atoms with van der Waals surface area (Å²) >= 11 is 0. The van der Waals surface area contributed by atoms with Gasteiger partial charge in [-0.15, -0.1) is 0 Å². The summed E-state index contributed by atoms with van der Waals surface area (Å²) in [6.07, 6.45) is -4.22. The van der Waals surface area contributed by atoms with Crippen molar-refractivity contribution >= 4 is 17.3 Å². The van der Waals surface area contributed by atoms with E-state index >= 15 is 4.39 Å². The van der Waals surface area contributed by atoms with Crippen LogP contribution in [-0.4, -0.2) is 60.1 Å². The lowest BCUT2D eigenvalue weighted by Crippen LogP contribution is -2.55. The Balaban J connectivity index is 1.85. The molecule has 1 fully saturated rings. The number of H-pyrrole nitrogens is 1. The number of aromatic amines is 1. The number of anilines is 2. The second kappa shape index (κ2) is 10.7. The van der Waals surface area contributed by atoms with Gasteiger partial charge in [-0.25, -0.2) is 9.37 Å². The van der Waals surface area contributed by atoms with E-state index in [0.717, 1.165) is 6.20 Å². The molecule has 0 bridgehead atoms. The molecule has 1 aliphatic rings. The van der Waals surface area contributed by atoms with Crippen LogP contribution in [0.3, 0.4) is 0 Å². The molecular weight excluding hydrogens is 518 g/mol. The van der Waals surface area contributed by atoms with Crippen LogP contribution in [0, 0.1) is 12.7 Å². The summed E-state index contributed by atoms with van der Waals surface area (Å²) in [5.74, 6) is -1.44. The van der Waals surface area contributed by atoms with Crippen LogP contribution in [0.4, 0.5) is 28.9 Å². The molecule has 0 spiro atoms. The number of aryl methyl sites for hydroxylation is 1. The standard InChI is InChI=1S/C27H29F4N5O3/c1-14-6-17(7-25(33-14)39-5)18-8-22(23(10-21(18)28)36-12-15(2)35(4)16(3)13-36)34-26(38)19-11-32-24(37)9-20(19)27(29,30)31/h6-11,15-16H,12-13H2,1-5H3,(H,32,37)(H,34,38). The van der Waals surface area contributed by atoms with Gasteiger partial charge in [0.05, 0.1) is 29.6 Å². The molecule has 2 atom stereocenters. The lowest BCUT2D eigenvalue weighted by atomic mass is 10.0. The van der Waals surface area contributed by atoms with Crippen LogP contribution in [0.25, 0.3) is 11.1 Å². The number of rotatable bonds is 5. The van der Waals surface area contributed by atoms with E-state index in [9.17, 15) is 22.8 Å². The number of carbonyl (C=O) groups is 1. The Morgan fingerprint density at radius 1 is 1.13 bits per heavy atom. The Kier molecular flexibility index (Phi) is 7.69. The van der Waals surface area contributed by atoms with Crippen molar-refractivity contribution in [3.63, 3.8) is 0 Å². The van der Waals surface area contributed by atoms with E-state index in [1.807, 2.05) is 25.8 Å². The number of pyridine rings is 2. The molecule has 1 aliphatic heterocycles. The highest BCUT2D eigenvalue weighted by Crippen LogP contribution is 2.38. The minimum Gasteiger partial charge on any atom is -0.481 e. The molecule has 1 saturated heterocycles. The Morgan fingerprint density at radius 2 is 1.79 bits per heavy atom. The van der Waals surface area contributed by atoms with Gasteiger partial charge in [0.15, 0.2) is 0 Å². The SMILES string of the molecule is COc1cc(-c2cc(NC(=O)c3c[nH]c(=O)cc3C(F)(F)F)c(N3CC(C)N(C)C(C)C3)cc2F)cc(C)n1. The Labute approximate surface area is 222 Å². The monoisotopic (exact) mass is 547 g/mol. The Hall–Kier alpha value is -3.93. The number of carbonyl (C=O) groups excluding carboxylic acids is 1. The number of ether oxygens (including phenoxy) is 1. The molecule has 0 saturated carbocycles. The van der Waals surface area contributed by atoms with Gasteiger partial charge in [-0.1, -0.05) is 0 Å². The summed E-state index contributed by atoms with van der Waals surface area (Å²) in [6.45, 7) is 6.72. The van der Waals surface area contributed by atoms with E-state index in [1.54, 1.807) is 13.0 Å². The van der Waals surface area contributed by atoms with Crippen molar-refractivity contribution in [1.82, 2.24) is 14.9 Å². The zero-order valence-electron chi connectivity index (χ0n) is 22.1. The second-order valence-corrected chi connectivity index (χ2v) is 9.73.